The van der Waals surface area contributed by atoms with Crippen molar-refractivity contribution in [3.8, 4) is 0 Å². The summed E-state index contributed by atoms with van der Waals surface area (Å²) in [5.74, 6) is -0.169. The number of aromatic nitrogens is 2. The largest absolute Gasteiger partial charge is 0.465 e. The molecule has 1 heterocycles. The first kappa shape index (κ1) is 19.0. The summed E-state index contributed by atoms with van der Waals surface area (Å²) in [7, 11) is 3.06. The summed E-state index contributed by atoms with van der Waals surface area (Å²) in [6.45, 7) is 0.488. The summed E-state index contributed by atoms with van der Waals surface area (Å²) < 4.78 is 4.71. The second-order valence-corrected chi connectivity index (χ2v) is 6.13. The minimum Gasteiger partial charge on any atom is -0.465 e. The molecule has 0 bridgehead atoms. The van der Waals surface area contributed by atoms with Crippen molar-refractivity contribution in [1.82, 2.24) is 14.9 Å². The number of nitrogens with one attached hydrogen (secondary N) is 1. The molecule has 1 N–H and O–H groups in total. The predicted molar refractivity (Wildman–Crippen MR) is 105 cm³/mol. The number of carbonyl (C=O) groups excluding carboxylic acids is 2. The lowest BCUT2D eigenvalue weighted by atomic mass is 10.2. The van der Waals surface area contributed by atoms with Gasteiger partial charge in [-0.3, -0.25) is 4.79 Å². The van der Waals surface area contributed by atoms with Crippen molar-refractivity contribution in [2.24, 2.45) is 0 Å². The van der Waals surface area contributed by atoms with Crippen LogP contribution in [0.25, 0.3) is 0 Å². The van der Waals surface area contributed by atoms with Gasteiger partial charge in [-0.1, -0.05) is 36.4 Å². The van der Waals surface area contributed by atoms with E-state index in [0.717, 1.165) is 5.56 Å². The Kier molecular flexibility index (Phi) is 5.96. The number of benzene rings is 2. The van der Waals surface area contributed by atoms with E-state index >= 15 is 0 Å². The van der Waals surface area contributed by atoms with Gasteiger partial charge >= 0.3 is 5.97 Å². The van der Waals surface area contributed by atoms with Gasteiger partial charge in [-0.15, -0.1) is 0 Å². The Morgan fingerprint density at radius 1 is 1.04 bits per heavy atom. The number of hydrogen-bond acceptors (Lipinski definition) is 6. The van der Waals surface area contributed by atoms with Crippen molar-refractivity contribution >= 4 is 23.4 Å². The molecule has 0 aliphatic rings. The van der Waals surface area contributed by atoms with Gasteiger partial charge < -0.3 is 15.0 Å². The quantitative estimate of drug-likeness (QED) is 0.665. The second kappa shape index (κ2) is 8.77. The summed E-state index contributed by atoms with van der Waals surface area (Å²) in [6.07, 6.45) is 2.91. The van der Waals surface area contributed by atoms with Gasteiger partial charge in [0.05, 0.1) is 25.1 Å². The Hall–Kier alpha value is -3.74. The van der Waals surface area contributed by atoms with Crippen molar-refractivity contribution in [3.05, 3.63) is 83.8 Å². The zero-order chi connectivity index (χ0) is 19.9. The molecule has 0 aliphatic heterocycles. The Bertz CT molecular complexity index is 959. The van der Waals surface area contributed by atoms with Crippen molar-refractivity contribution in [3.63, 3.8) is 0 Å². The van der Waals surface area contributed by atoms with E-state index in [1.165, 1.54) is 19.5 Å². The number of amides is 1. The summed E-state index contributed by atoms with van der Waals surface area (Å²) >= 11 is 0. The van der Waals surface area contributed by atoms with Crippen LogP contribution in [-0.2, 0) is 11.3 Å². The van der Waals surface area contributed by atoms with Crippen LogP contribution in [0.2, 0.25) is 0 Å². The van der Waals surface area contributed by atoms with E-state index in [1.807, 2.05) is 30.3 Å². The summed E-state index contributed by atoms with van der Waals surface area (Å²) in [5, 5.41) is 3.05. The normalized spacial score (nSPS) is 10.2. The molecule has 28 heavy (non-hydrogen) atoms. The topological polar surface area (TPSA) is 84.4 Å². The number of anilines is 2. The van der Waals surface area contributed by atoms with Gasteiger partial charge in [0.25, 0.3) is 5.91 Å². The molecular formula is C21H20N4O3. The third-order valence-electron chi connectivity index (χ3n) is 4.04. The maximum atomic E-state index is 12.5. The number of rotatable bonds is 6. The highest BCUT2D eigenvalue weighted by atomic mass is 16.5. The predicted octanol–water partition coefficient (Wildman–Crippen LogP) is 3.28. The summed E-state index contributed by atoms with van der Waals surface area (Å²) in [6, 6.07) is 16.6. The fraction of sp³-hybridized carbons (Fsp3) is 0.143. The van der Waals surface area contributed by atoms with Gasteiger partial charge in [0, 0.05) is 19.3 Å². The van der Waals surface area contributed by atoms with Gasteiger partial charge in [0.2, 0.25) is 0 Å². The van der Waals surface area contributed by atoms with E-state index in [9.17, 15) is 9.59 Å². The van der Waals surface area contributed by atoms with Gasteiger partial charge in [-0.05, 0) is 23.8 Å². The molecule has 0 aliphatic carbocycles. The van der Waals surface area contributed by atoms with Crippen molar-refractivity contribution < 1.29 is 14.3 Å². The monoisotopic (exact) mass is 376 g/mol. The van der Waals surface area contributed by atoms with E-state index in [4.69, 9.17) is 4.74 Å². The maximum absolute atomic E-state index is 12.5. The Morgan fingerprint density at radius 2 is 1.82 bits per heavy atom. The van der Waals surface area contributed by atoms with E-state index in [2.05, 4.69) is 15.3 Å². The highest BCUT2D eigenvalue weighted by Crippen LogP contribution is 2.16. The van der Waals surface area contributed by atoms with Crippen molar-refractivity contribution in [2.75, 3.05) is 19.5 Å². The molecule has 2 aromatic carbocycles. The molecule has 0 saturated heterocycles. The van der Waals surface area contributed by atoms with Crippen LogP contribution in [-0.4, -0.2) is 40.9 Å². The Morgan fingerprint density at radius 3 is 2.50 bits per heavy atom. The molecule has 0 unspecified atom stereocenters. The van der Waals surface area contributed by atoms with Crippen LogP contribution in [0.3, 0.4) is 0 Å². The zero-order valence-corrected chi connectivity index (χ0v) is 15.6. The fourth-order valence-electron chi connectivity index (χ4n) is 2.62. The van der Waals surface area contributed by atoms with E-state index in [1.54, 1.807) is 36.2 Å². The van der Waals surface area contributed by atoms with Gasteiger partial charge in [0.15, 0.2) is 0 Å². The van der Waals surface area contributed by atoms with E-state index in [0.29, 0.717) is 23.6 Å². The lowest BCUT2D eigenvalue weighted by Crippen LogP contribution is -2.27. The number of nitrogens with zero attached hydrogens (tertiary/aromatic N) is 3. The van der Waals surface area contributed by atoms with Crippen LogP contribution < -0.4 is 5.32 Å². The number of carbonyl (C=O) groups is 2. The van der Waals surface area contributed by atoms with Gasteiger partial charge in [0.1, 0.15) is 11.5 Å². The standard InChI is InChI=1S/C21H20N4O3/c1-25(14-15-7-4-3-5-8-15)20(26)18-12-23-19(13-22-18)24-17-10-6-9-16(11-17)21(27)28-2/h3-13H,14H2,1-2H3,(H,23,24). The van der Waals surface area contributed by atoms with E-state index < -0.39 is 5.97 Å². The number of hydrogen-bond donors (Lipinski definition) is 1. The Balaban J connectivity index is 1.66. The molecule has 1 aromatic heterocycles. The van der Waals surface area contributed by atoms with Crippen molar-refractivity contribution in [1.29, 1.82) is 0 Å². The molecule has 3 aromatic rings. The van der Waals surface area contributed by atoms with Crippen LogP contribution in [0.5, 0.6) is 0 Å². The molecule has 0 fully saturated rings. The highest BCUT2D eigenvalue weighted by molar-refractivity contribution is 5.92. The summed E-state index contributed by atoms with van der Waals surface area (Å²) in [5.41, 5.74) is 2.38. The van der Waals surface area contributed by atoms with Crippen LogP contribution >= 0.6 is 0 Å². The maximum Gasteiger partial charge on any atom is 0.337 e. The SMILES string of the molecule is COC(=O)c1cccc(Nc2cnc(C(=O)N(C)Cc3ccccc3)cn2)c1. The molecule has 0 atom stereocenters. The number of methoxy groups -OCH3 is 1. The van der Waals surface area contributed by atoms with Crippen LogP contribution in [0.1, 0.15) is 26.4 Å². The lowest BCUT2D eigenvalue weighted by molar-refractivity contribution is 0.0600. The third kappa shape index (κ3) is 4.70. The lowest BCUT2D eigenvalue weighted by Gasteiger charge is -2.16. The average Bonchev–Trinajstić information content (AvgIpc) is 2.74. The van der Waals surface area contributed by atoms with Gasteiger partial charge in [-0.2, -0.15) is 0 Å². The highest BCUT2D eigenvalue weighted by Gasteiger charge is 2.14. The van der Waals surface area contributed by atoms with E-state index in [-0.39, 0.29) is 11.6 Å². The van der Waals surface area contributed by atoms with Crippen LogP contribution in [0.4, 0.5) is 11.5 Å². The molecule has 0 spiro atoms. The first-order valence-electron chi connectivity index (χ1n) is 8.63. The van der Waals surface area contributed by atoms with Gasteiger partial charge in [-0.25, -0.2) is 14.8 Å². The number of esters is 1. The average molecular weight is 376 g/mol. The van der Waals surface area contributed by atoms with Crippen LogP contribution in [0.15, 0.2) is 67.0 Å². The molecule has 7 nitrogen and oxygen atoms in total. The minimum absolute atomic E-state index is 0.212. The second-order valence-electron chi connectivity index (χ2n) is 6.13. The zero-order valence-electron chi connectivity index (χ0n) is 15.6. The molecule has 1 amide bonds. The molecule has 0 saturated carbocycles. The first-order chi connectivity index (χ1) is 13.6. The molecule has 142 valence electrons. The third-order valence-corrected chi connectivity index (χ3v) is 4.04. The number of ether oxygens (including phenoxy) is 1. The summed E-state index contributed by atoms with van der Waals surface area (Å²) in [4.78, 5) is 34.2. The molecular weight excluding hydrogens is 356 g/mol. The minimum atomic E-state index is -0.419. The smallest absolute Gasteiger partial charge is 0.337 e. The molecule has 7 heteroatoms. The fourth-order valence-corrected chi connectivity index (χ4v) is 2.62. The molecule has 3 rings (SSSR count). The first-order valence-corrected chi connectivity index (χ1v) is 8.63. The molecule has 0 radical (unpaired) electrons. The van der Waals surface area contributed by atoms with Crippen LogP contribution in [0, 0.1) is 0 Å². The Labute approximate surface area is 163 Å². The van der Waals surface area contributed by atoms with Crippen molar-refractivity contribution in [2.45, 2.75) is 6.54 Å².